The third-order valence-electron chi connectivity index (χ3n) is 1.66. The van der Waals surface area contributed by atoms with Gasteiger partial charge in [-0.25, -0.2) is 0 Å². The van der Waals surface area contributed by atoms with Crippen LogP contribution >= 0.6 is 38.5 Å². The van der Waals surface area contributed by atoms with Crippen molar-refractivity contribution in [1.82, 2.24) is 0 Å². The van der Waals surface area contributed by atoms with Gasteiger partial charge in [-0.2, -0.15) is 17.6 Å². The smallest absolute Gasteiger partial charge is 0.310 e. The summed E-state index contributed by atoms with van der Waals surface area (Å²) in [5.41, 5.74) is 0.392. The van der Waals surface area contributed by atoms with Gasteiger partial charge in [-0.1, -0.05) is 28.1 Å². The molecule has 0 aromatic heterocycles. The first-order valence-corrected chi connectivity index (χ1v) is 5.92. The van der Waals surface area contributed by atoms with Crippen molar-refractivity contribution in [2.75, 3.05) is 0 Å². The molecule has 0 spiro atoms. The summed E-state index contributed by atoms with van der Waals surface area (Å²) in [7, 11) is 0. The molecule has 0 bridgehead atoms. The lowest BCUT2D eigenvalue weighted by atomic mass is 10.2. The van der Waals surface area contributed by atoms with E-state index in [4.69, 9.17) is 0 Å². The third kappa shape index (κ3) is 3.85. The molecular formula is C9H6BrF4IO. The van der Waals surface area contributed by atoms with Crippen LogP contribution in [-0.2, 0) is 11.3 Å². The first-order valence-electron chi connectivity index (χ1n) is 4.05. The molecule has 0 N–H and O–H groups in total. The number of hydrogen-bond acceptors (Lipinski definition) is 1. The van der Waals surface area contributed by atoms with E-state index in [1.165, 1.54) is 12.1 Å². The molecular weight excluding hydrogens is 407 g/mol. The van der Waals surface area contributed by atoms with E-state index in [9.17, 15) is 17.6 Å². The SMILES string of the molecule is FC(F)(I)C(F)(F)OCc1ccc(Br)cc1. The van der Waals surface area contributed by atoms with E-state index >= 15 is 0 Å². The van der Waals surface area contributed by atoms with E-state index in [0.717, 1.165) is 4.47 Å². The van der Waals surface area contributed by atoms with E-state index < -0.39 is 16.6 Å². The van der Waals surface area contributed by atoms with Crippen LogP contribution in [0.15, 0.2) is 28.7 Å². The Morgan fingerprint density at radius 3 is 2.06 bits per heavy atom. The molecule has 7 heteroatoms. The van der Waals surface area contributed by atoms with Crippen molar-refractivity contribution in [2.45, 2.75) is 16.6 Å². The van der Waals surface area contributed by atoms with Crippen molar-refractivity contribution >= 4 is 38.5 Å². The van der Waals surface area contributed by atoms with Gasteiger partial charge in [-0.3, -0.25) is 0 Å². The zero-order valence-electron chi connectivity index (χ0n) is 7.69. The van der Waals surface area contributed by atoms with Gasteiger partial charge < -0.3 is 4.74 Å². The summed E-state index contributed by atoms with van der Waals surface area (Å²) in [5, 5.41) is 0. The molecule has 0 saturated carbocycles. The summed E-state index contributed by atoms with van der Waals surface area (Å²) in [5.74, 6) is 0. The van der Waals surface area contributed by atoms with Crippen LogP contribution in [0, 0.1) is 0 Å². The summed E-state index contributed by atoms with van der Waals surface area (Å²) in [6.45, 7) is -0.571. The molecule has 0 aliphatic heterocycles. The summed E-state index contributed by atoms with van der Waals surface area (Å²) < 4.78 is 50.6. The fourth-order valence-corrected chi connectivity index (χ4v) is 1.26. The number of halogens is 6. The second kappa shape index (κ2) is 5.18. The highest BCUT2D eigenvalue weighted by Gasteiger charge is 2.55. The lowest BCUT2D eigenvalue weighted by molar-refractivity contribution is -0.312. The van der Waals surface area contributed by atoms with Crippen molar-refractivity contribution in [2.24, 2.45) is 0 Å². The summed E-state index contributed by atoms with van der Waals surface area (Å²) in [6, 6.07) is 6.23. The van der Waals surface area contributed by atoms with Crippen LogP contribution in [0.1, 0.15) is 5.56 Å². The van der Waals surface area contributed by atoms with Gasteiger partial charge in [0.15, 0.2) is 0 Å². The average molecular weight is 413 g/mol. The van der Waals surface area contributed by atoms with Gasteiger partial charge in [-0.15, -0.1) is 0 Å². The Morgan fingerprint density at radius 2 is 1.62 bits per heavy atom. The van der Waals surface area contributed by atoms with E-state index in [1.54, 1.807) is 12.1 Å². The Bertz CT molecular complexity index is 350. The van der Waals surface area contributed by atoms with Gasteiger partial charge in [-0.05, 0) is 17.7 Å². The lowest BCUT2D eigenvalue weighted by Crippen LogP contribution is -2.37. The van der Waals surface area contributed by atoms with E-state index in [-0.39, 0.29) is 0 Å². The molecule has 16 heavy (non-hydrogen) atoms. The highest BCUT2D eigenvalue weighted by atomic mass is 127. The molecule has 0 unspecified atom stereocenters. The van der Waals surface area contributed by atoms with Gasteiger partial charge in [0.05, 0.1) is 6.61 Å². The maximum atomic E-state index is 12.7. The maximum Gasteiger partial charge on any atom is 0.429 e. The summed E-state index contributed by atoms with van der Waals surface area (Å²) >= 11 is 3.51. The molecule has 0 amide bonds. The van der Waals surface area contributed by atoms with E-state index in [2.05, 4.69) is 20.7 Å². The van der Waals surface area contributed by atoms with Crippen molar-refractivity contribution in [3.05, 3.63) is 34.3 Å². The molecule has 1 rings (SSSR count). The van der Waals surface area contributed by atoms with Crippen molar-refractivity contribution in [3.8, 4) is 0 Å². The van der Waals surface area contributed by atoms with Gasteiger partial charge in [0, 0.05) is 27.1 Å². The van der Waals surface area contributed by atoms with Gasteiger partial charge >= 0.3 is 10.0 Å². The molecule has 1 aromatic rings. The molecule has 1 nitrogen and oxygen atoms in total. The number of ether oxygens (including phenoxy) is 1. The minimum atomic E-state index is -4.47. The maximum absolute atomic E-state index is 12.7. The lowest BCUT2D eigenvalue weighted by Gasteiger charge is -2.21. The molecule has 0 aliphatic carbocycles. The summed E-state index contributed by atoms with van der Waals surface area (Å²) in [4.78, 5) is 0. The van der Waals surface area contributed by atoms with Crippen LogP contribution in [0.2, 0.25) is 0 Å². The van der Waals surface area contributed by atoms with Crippen LogP contribution in [0.4, 0.5) is 17.6 Å². The van der Waals surface area contributed by atoms with Gasteiger partial charge in [0.1, 0.15) is 0 Å². The van der Waals surface area contributed by atoms with Crippen LogP contribution in [-0.4, -0.2) is 10.0 Å². The topological polar surface area (TPSA) is 9.23 Å². The summed E-state index contributed by atoms with van der Waals surface area (Å²) in [6.07, 6.45) is -4.47. The second-order valence-corrected chi connectivity index (χ2v) is 5.20. The first kappa shape index (κ1) is 14.2. The molecule has 0 atom stereocenters. The minimum Gasteiger partial charge on any atom is -0.310 e. The quantitative estimate of drug-likeness (QED) is 0.399. The largest absolute Gasteiger partial charge is 0.429 e. The standard InChI is InChI=1S/C9H6BrF4IO/c10-7-3-1-6(2-4-7)5-16-9(13,14)8(11,12)15/h1-4H,5H2. The number of rotatable bonds is 4. The van der Waals surface area contributed by atoms with E-state index in [1.807, 2.05) is 0 Å². The molecule has 90 valence electrons. The molecule has 0 radical (unpaired) electrons. The van der Waals surface area contributed by atoms with Crippen molar-refractivity contribution in [1.29, 1.82) is 0 Å². The van der Waals surface area contributed by atoms with Crippen LogP contribution in [0.3, 0.4) is 0 Å². The van der Waals surface area contributed by atoms with Crippen molar-refractivity contribution < 1.29 is 22.3 Å². The van der Waals surface area contributed by atoms with Crippen LogP contribution in [0.25, 0.3) is 0 Å². The Morgan fingerprint density at radius 1 is 1.12 bits per heavy atom. The van der Waals surface area contributed by atoms with Crippen LogP contribution in [0.5, 0.6) is 0 Å². The first-order chi connectivity index (χ1) is 7.22. The molecule has 1 aromatic carbocycles. The average Bonchev–Trinajstić information content (AvgIpc) is 2.15. The van der Waals surface area contributed by atoms with Gasteiger partial charge in [0.2, 0.25) is 0 Å². The monoisotopic (exact) mass is 412 g/mol. The molecule has 0 fully saturated rings. The highest BCUT2D eigenvalue weighted by molar-refractivity contribution is 14.1. The predicted molar refractivity (Wildman–Crippen MR) is 62.8 cm³/mol. The van der Waals surface area contributed by atoms with Crippen molar-refractivity contribution in [3.63, 3.8) is 0 Å². The Hall–Kier alpha value is 0.110. The fourth-order valence-electron chi connectivity index (χ4n) is 0.836. The zero-order chi connectivity index (χ0) is 12.4. The van der Waals surface area contributed by atoms with Gasteiger partial charge in [0.25, 0.3) is 0 Å². The highest BCUT2D eigenvalue weighted by Crippen LogP contribution is 2.41. The second-order valence-electron chi connectivity index (χ2n) is 2.93. The zero-order valence-corrected chi connectivity index (χ0v) is 11.4. The molecule has 0 aliphatic rings. The minimum absolute atomic E-state index is 0.352. The van der Waals surface area contributed by atoms with Crippen LogP contribution < -0.4 is 0 Å². The molecule has 0 heterocycles. The Labute approximate surface area is 111 Å². The van der Waals surface area contributed by atoms with E-state index in [0.29, 0.717) is 28.2 Å². The molecule has 0 saturated heterocycles. The predicted octanol–water partition coefficient (Wildman–Crippen LogP) is 4.59. The Balaban J connectivity index is 2.61. The normalized spacial score (nSPS) is 12.9. The fraction of sp³-hybridized carbons (Fsp3) is 0.333. The number of benzene rings is 1. The number of alkyl halides is 5. The number of hydrogen-bond donors (Lipinski definition) is 0. The Kier molecular flexibility index (Phi) is 4.58. The third-order valence-corrected chi connectivity index (χ3v) is 2.82.